The van der Waals surface area contributed by atoms with Gasteiger partial charge in [0.05, 0.1) is 18.9 Å². The maximum absolute atomic E-state index is 12.4. The third kappa shape index (κ3) is 3.47. The molecule has 3 rings (SSSR count). The number of carbonyl (C=O) groups is 1. The van der Waals surface area contributed by atoms with Crippen LogP contribution in [0.1, 0.15) is 31.7 Å². The number of benzene rings is 1. The number of rotatable bonds is 5. The van der Waals surface area contributed by atoms with Gasteiger partial charge < -0.3 is 19.6 Å². The third-order valence-electron chi connectivity index (χ3n) is 4.28. The van der Waals surface area contributed by atoms with Gasteiger partial charge in [-0.3, -0.25) is 4.79 Å². The molecular weight excluding hydrogens is 296 g/mol. The van der Waals surface area contributed by atoms with Gasteiger partial charge in [-0.2, -0.15) is 0 Å². The highest BCUT2D eigenvalue weighted by Gasteiger charge is 2.42. The highest BCUT2D eigenvalue weighted by Crippen LogP contribution is 2.27. The van der Waals surface area contributed by atoms with Crippen LogP contribution in [0.4, 0.5) is 0 Å². The average molecular weight is 318 g/mol. The molecule has 0 spiro atoms. The minimum atomic E-state index is -0.964. The molecule has 23 heavy (non-hydrogen) atoms. The summed E-state index contributed by atoms with van der Waals surface area (Å²) in [6, 6.07) is 7.56. The summed E-state index contributed by atoms with van der Waals surface area (Å²) in [5.74, 6) is 0.630. The van der Waals surface area contributed by atoms with Crippen LogP contribution in [0.3, 0.4) is 0 Å². The number of methoxy groups -OCH3 is 1. The van der Waals surface area contributed by atoms with Gasteiger partial charge in [-0.15, -0.1) is 0 Å². The normalized spacial score (nSPS) is 26.5. The molecule has 1 saturated heterocycles. The van der Waals surface area contributed by atoms with Gasteiger partial charge in [-0.05, 0) is 49.6 Å². The summed E-state index contributed by atoms with van der Waals surface area (Å²) in [5.41, 5.74) is 0.734. The summed E-state index contributed by atoms with van der Waals surface area (Å²) in [5, 5.41) is 7.01. The fourth-order valence-electron chi connectivity index (χ4n) is 2.80. The Morgan fingerprint density at radius 1 is 1.43 bits per heavy atom. The average Bonchev–Trinajstić information content (AvgIpc) is 3.23. The third-order valence-corrected chi connectivity index (χ3v) is 4.28. The molecule has 0 radical (unpaired) electrons. The first-order valence-corrected chi connectivity index (χ1v) is 7.90. The van der Waals surface area contributed by atoms with E-state index < -0.39 is 5.60 Å². The number of amides is 1. The van der Waals surface area contributed by atoms with Gasteiger partial charge in [0.15, 0.2) is 0 Å². The lowest BCUT2D eigenvalue weighted by atomic mass is 9.95. The lowest BCUT2D eigenvalue weighted by molar-refractivity contribution is -0.142. The molecule has 1 aromatic rings. The number of nitrogens with zero attached hydrogens (tertiary/aromatic N) is 1. The Bertz CT molecular complexity index is 593. The molecule has 6 heteroatoms. The first-order chi connectivity index (χ1) is 11.1. The summed E-state index contributed by atoms with van der Waals surface area (Å²) in [6.07, 6.45) is 2.60. The second-order valence-corrected chi connectivity index (χ2v) is 6.11. The van der Waals surface area contributed by atoms with Crippen LogP contribution in [-0.4, -0.2) is 43.6 Å². The van der Waals surface area contributed by atoms with Crippen LogP contribution in [0.5, 0.6) is 5.75 Å². The second kappa shape index (κ2) is 6.58. The predicted octanol–water partition coefficient (Wildman–Crippen LogP) is 1.87. The number of nitrogens with one attached hydrogen (secondary N) is 1. The van der Waals surface area contributed by atoms with Crippen molar-refractivity contribution in [3.8, 4) is 5.75 Å². The van der Waals surface area contributed by atoms with Crippen molar-refractivity contribution in [2.24, 2.45) is 5.16 Å². The van der Waals surface area contributed by atoms with Crippen LogP contribution in [0.15, 0.2) is 29.4 Å². The maximum atomic E-state index is 12.4. The van der Waals surface area contributed by atoms with Crippen LogP contribution >= 0.6 is 0 Å². The predicted molar refractivity (Wildman–Crippen MR) is 85.6 cm³/mol. The fourth-order valence-corrected chi connectivity index (χ4v) is 2.80. The number of oxime groups is 1. The van der Waals surface area contributed by atoms with Crippen molar-refractivity contribution in [1.82, 2.24) is 5.32 Å². The standard InChI is InChI=1S/C17H22N2O4/c1-17(16(20)18-11-14-4-3-9-22-14)10-15(19-23-17)12-5-7-13(21-2)8-6-12/h5-8,14H,3-4,9-11H2,1-2H3,(H,18,20)/t14-,17+/m1/s1. The van der Waals surface area contributed by atoms with Gasteiger partial charge in [-0.1, -0.05) is 5.16 Å². The van der Waals surface area contributed by atoms with E-state index in [0.717, 1.165) is 36.5 Å². The van der Waals surface area contributed by atoms with E-state index in [1.54, 1.807) is 14.0 Å². The lowest BCUT2D eigenvalue weighted by Gasteiger charge is -2.21. The van der Waals surface area contributed by atoms with Gasteiger partial charge >= 0.3 is 0 Å². The Labute approximate surface area is 135 Å². The molecule has 2 aliphatic heterocycles. The molecule has 0 saturated carbocycles. The Kier molecular flexibility index (Phi) is 4.52. The highest BCUT2D eigenvalue weighted by molar-refractivity contribution is 6.05. The number of carbonyl (C=O) groups excluding carboxylic acids is 1. The first-order valence-electron chi connectivity index (χ1n) is 7.90. The summed E-state index contributed by atoms with van der Waals surface area (Å²) in [4.78, 5) is 17.9. The Hall–Kier alpha value is -2.08. The summed E-state index contributed by atoms with van der Waals surface area (Å²) < 4.78 is 10.7. The van der Waals surface area contributed by atoms with E-state index >= 15 is 0 Å². The lowest BCUT2D eigenvalue weighted by Crippen LogP contribution is -2.46. The molecule has 1 amide bonds. The van der Waals surface area contributed by atoms with Crippen molar-refractivity contribution >= 4 is 11.6 Å². The van der Waals surface area contributed by atoms with Gasteiger partial charge in [0.25, 0.3) is 5.91 Å². The van der Waals surface area contributed by atoms with Crippen molar-refractivity contribution in [2.75, 3.05) is 20.3 Å². The molecule has 0 unspecified atom stereocenters. The Morgan fingerprint density at radius 3 is 2.87 bits per heavy atom. The van der Waals surface area contributed by atoms with Crippen molar-refractivity contribution in [3.05, 3.63) is 29.8 Å². The zero-order valence-corrected chi connectivity index (χ0v) is 13.5. The molecule has 2 heterocycles. The van der Waals surface area contributed by atoms with Crippen LogP contribution in [0.2, 0.25) is 0 Å². The molecular formula is C17H22N2O4. The summed E-state index contributed by atoms with van der Waals surface area (Å²) >= 11 is 0. The second-order valence-electron chi connectivity index (χ2n) is 6.11. The van der Waals surface area contributed by atoms with E-state index in [2.05, 4.69) is 10.5 Å². The molecule has 0 aromatic heterocycles. The highest BCUT2D eigenvalue weighted by atomic mass is 16.7. The van der Waals surface area contributed by atoms with E-state index in [1.807, 2.05) is 24.3 Å². The van der Waals surface area contributed by atoms with Gasteiger partial charge in [0, 0.05) is 19.6 Å². The monoisotopic (exact) mass is 318 g/mol. The number of ether oxygens (including phenoxy) is 2. The molecule has 1 aromatic carbocycles. The summed E-state index contributed by atoms with van der Waals surface area (Å²) in [7, 11) is 1.63. The first kappa shape index (κ1) is 15.8. The van der Waals surface area contributed by atoms with Crippen molar-refractivity contribution < 1.29 is 19.1 Å². The molecule has 2 atom stereocenters. The minimum Gasteiger partial charge on any atom is -0.497 e. The Balaban J connectivity index is 1.58. The molecule has 1 N–H and O–H groups in total. The van der Waals surface area contributed by atoms with Gasteiger partial charge in [0.2, 0.25) is 5.60 Å². The fraction of sp³-hybridized carbons (Fsp3) is 0.529. The molecule has 0 bridgehead atoms. The quantitative estimate of drug-likeness (QED) is 0.900. The van der Waals surface area contributed by atoms with E-state index in [9.17, 15) is 4.79 Å². The summed E-state index contributed by atoms with van der Waals surface area (Å²) in [6.45, 7) is 3.06. The van der Waals surface area contributed by atoms with Gasteiger partial charge in [0.1, 0.15) is 5.75 Å². The topological polar surface area (TPSA) is 69.2 Å². The zero-order valence-electron chi connectivity index (χ0n) is 13.5. The minimum absolute atomic E-state index is 0.117. The van der Waals surface area contributed by atoms with Crippen molar-refractivity contribution in [3.63, 3.8) is 0 Å². The van der Waals surface area contributed by atoms with E-state index in [4.69, 9.17) is 14.3 Å². The Morgan fingerprint density at radius 2 is 2.22 bits per heavy atom. The molecule has 0 aliphatic carbocycles. The van der Waals surface area contributed by atoms with E-state index in [-0.39, 0.29) is 12.0 Å². The van der Waals surface area contributed by atoms with Crippen molar-refractivity contribution in [1.29, 1.82) is 0 Å². The number of hydrogen-bond acceptors (Lipinski definition) is 5. The SMILES string of the molecule is COc1ccc(C2=NO[C@](C)(C(=O)NC[C@H]3CCCO3)C2)cc1. The van der Waals surface area contributed by atoms with Crippen LogP contribution in [0, 0.1) is 0 Å². The smallest absolute Gasteiger partial charge is 0.267 e. The van der Waals surface area contributed by atoms with Crippen LogP contribution in [-0.2, 0) is 14.4 Å². The maximum Gasteiger partial charge on any atom is 0.267 e. The van der Waals surface area contributed by atoms with Gasteiger partial charge in [-0.25, -0.2) is 0 Å². The molecule has 6 nitrogen and oxygen atoms in total. The molecule has 2 aliphatic rings. The van der Waals surface area contributed by atoms with Crippen molar-refractivity contribution in [2.45, 2.75) is 37.9 Å². The van der Waals surface area contributed by atoms with E-state index in [1.165, 1.54) is 0 Å². The largest absolute Gasteiger partial charge is 0.497 e. The zero-order chi connectivity index (χ0) is 16.3. The van der Waals surface area contributed by atoms with Crippen LogP contribution < -0.4 is 10.1 Å². The van der Waals surface area contributed by atoms with E-state index in [0.29, 0.717) is 13.0 Å². The number of hydrogen-bond donors (Lipinski definition) is 1. The van der Waals surface area contributed by atoms with Crippen LogP contribution in [0.25, 0.3) is 0 Å². The molecule has 124 valence electrons. The molecule has 1 fully saturated rings.